The maximum Gasteiger partial charge on any atom is 0.258 e. The molecule has 0 saturated carbocycles. The van der Waals surface area contributed by atoms with E-state index in [1.54, 1.807) is 38.5 Å². The second-order valence-electron chi connectivity index (χ2n) is 7.33. The zero-order valence-electron chi connectivity index (χ0n) is 18.5. The maximum atomic E-state index is 14.0. The molecule has 1 aromatic heterocycles. The Kier molecular flexibility index (Phi) is 6.41. The van der Waals surface area contributed by atoms with Crippen LogP contribution in [0, 0.1) is 5.82 Å². The van der Waals surface area contributed by atoms with Crippen molar-refractivity contribution < 1.29 is 18.4 Å². The minimum absolute atomic E-state index is 0.301. The second kappa shape index (κ2) is 9.41. The molecule has 3 aromatic rings. The van der Waals surface area contributed by atoms with E-state index in [2.05, 4.69) is 22.0 Å². The predicted molar refractivity (Wildman–Crippen MR) is 127 cm³/mol. The van der Waals surface area contributed by atoms with Crippen molar-refractivity contribution in [3.8, 4) is 22.9 Å². The van der Waals surface area contributed by atoms with Gasteiger partial charge >= 0.3 is 0 Å². The molecule has 2 aromatic carbocycles. The molecule has 7 nitrogen and oxygen atoms in total. The van der Waals surface area contributed by atoms with Crippen LogP contribution in [0.25, 0.3) is 17.0 Å². The Hall–Kier alpha value is -3.72. The molecular formula is C24H23FN4O3S. The van der Waals surface area contributed by atoms with Gasteiger partial charge in [0.25, 0.3) is 5.89 Å². The SMILES string of the molecule is C=CCN1C(=S)NC(c2cccc(F)c2)C(c2nc(-c3ccc(OC)c(OC)c3)no2)=C1C. The number of methoxy groups -OCH3 is 2. The molecule has 1 aliphatic heterocycles. The van der Waals surface area contributed by atoms with Crippen molar-refractivity contribution in [3.05, 3.63) is 78.1 Å². The molecule has 33 heavy (non-hydrogen) atoms. The van der Waals surface area contributed by atoms with Gasteiger partial charge in [0, 0.05) is 17.8 Å². The predicted octanol–water partition coefficient (Wildman–Crippen LogP) is 4.74. The lowest BCUT2D eigenvalue weighted by Crippen LogP contribution is -2.45. The number of nitrogens with one attached hydrogen (secondary N) is 1. The molecule has 1 N–H and O–H groups in total. The lowest BCUT2D eigenvalue weighted by atomic mass is 9.94. The highest BCUT2D eigenvalue weighted by molar-refractivity contribution is 7.80. The number of aromatic nitrogens is 2. The van der Waals surface area contributed by atoms with Gasteiger partial charge in [0.05, 0.1) is 25.8 Å². The highest BCUT2D eigenvalue weighted by Gasteiger charge is 2.33. The summed E-state index contributed by atoms with van der Waals surface area (Å²) < 4.78 is 30.4. The minimum Gasteiger partial charge on any atom is -0.493 e. The summed E-state index contributed by atoms with van der Waals surface area (Å²) in [5, 5.41) is 7.95. The van der Waals surface area contributed by atoms with Crippen LogP contribution in [0.15, 0.2) is 65.3 Å². The van der Waals surface area contributed by atoms with Crippen LogP contribution in [-0.2, 0) is 0 Å². The van der Waals surface area contributed by atoms with Gasteiger partial charge in [0.2, 0.25) is 5.82 Å². The highest BCUT2D eigenvalue weighted by atomic mass is 32.1. The molecule has 2 heterocycles. The number of thiocarbonyl (C=S) groups is 1. The molecule has 1 atom stereocenters. The Morgan fingerprint density at radius 3 is 2.70 bits per heavy atom. The smallest absolute Gasteiger partial charge is 0.258 e. The Morgan fingerprint density at radius 1 is 1.21 bits per heavy atom. The summed E-state index contributed by atoms with van der Waals surface area (Å²) in [6.45, 7) is 6.22. The highest BCUT2D eigenvalue weighted by Crippen LogP contribution is 2.38. The Balaban J connectivity index is 1.81. The van der Waals surface area contributed by atoms with Crippen LogP contribution in [0.4, 0.5) is 4.39 Å². The second-order valence-corrected chi connectivity index (χ2v) is 7.72. The van der Waals surface area contributed by atoms with Crippen molar-refractivity contribution in [1.82, 2.24) is 20.4 Å². The third kappa shape index (κ3) is 4.31. The zero-order chi connectivity index (χ0) is 23.5. The van der Waals surface area contributed by atoms with Crippen LogP contribution < -0.4 is 14.8 Å². The maximum absolute atomic E-state index is 14.0. The van der Waals surface area contributed by atoms with Gasteiger partial charge in [-0.3, -0.25) is 0 Å². The van der Waals surface area contributed by atoms with Gasteiger partial charge in [-0.05, 0) is 55.0 Å². The lowest BCUT2D eigenvalue weighted by Gasteiger charge is -2.36. The van der Waals surface area contributed by atoms with E-state index in [0.717, 1.165) is 5.70 Å². The Bertz CT molecular complexity index is 1240. The number of nitrogens with zero attached hydrogens (tertiary/aromatic N) is 3. The number of rotatable bonds is 7. The van der Waals surface area contributed by atoms with E-state index < -0.39 is 6.04 Å². The van der Waals surface area contributed by atoms with E-state index in [4.69, 9.17) is 26.2 Å². The lowest BCUT2D eigenvalue weighted by molar-refractivity contribution is 0.355. The molecule has 4 rings (SSSR count). The van der Waals surface area contributed by atoms with Crippen LogP contribution in [0.3, 0.4) is 0 Å². The van der Waals surface area contributed by atoms with E-state index in [1.807, 2.05) is 24.0 Å². The number of ether oxygens (including phenoxy) is 2. The summed E-state index contributed by atoms with van der Waals surface area (Å²) in [7, 11) is 3.13. The van der Waals surface area contributed by atoms with Gasteiger partial charge in [-0.2, -0.15) is 4.98 Å². The number of allylic oxidation sites excluding steroid dienone is 1. The molecule has 0 amide bonds. The summed E-state index contributed by atoms with van der Waals surface area (Å²) in [4.78, 5) is 6.52. The third-order valence-corrected chi connectivity index (χ3v) is 5.73. The first-order chi connectivity index (χ1) is 16.0. The summed E-state index contributed by atoms with van der Waals surface area (Å²) in [5.74, 6) is 1.49. The topological polar surface area (TPSA) is 72.7 Å². The van der Waals surface area contributed by atoms with E-state index in [-0.39, 0.29) is 5.82 Å². The van der Waals surface area contributed by atoms with Crippen molar-refractivity contribution >= 4 is 22.9 Å². The molecule has 1 aliphatic rings. The van der Waals surface area contributed by atoms with Crippen LogP contribution in [0.5, 0.6) is 11.5 Å². The number of halogens is 1. The first-order valence-electron chi connectivity index (χ1n) is 10.2. The van der Waals surface area contributed by atoms with Crippen LogP contribution in [0.1, 0.15) is 24.4 Å². The molecule has 0 saturated heterocycles. The average Bonchev–Trinajstić information content (AvgIpc) is 3.30. The normalized spacial score (nSPS) is 15.9. The zero-order valence-corrected chi connectivity index (χ0v) is 19.3. The van der Waals surface area contributed by atoms with Crippen molar-refractivity contribution in [2.24, 2.45) is 0 Å². The van der Waals surface area contributed by atoms with Gasteiger partial charge in [-0.1, -0.05) is 23.4 Å². The summed E-state index contributed by atoms with van der Waals surface area (Å²) in [6, 6.07) is 11.2. The molecule has 1 unspecified atom stereocenters. The fraction of sp³-hybridized carbons (Fsp3) is 0.208. The summed E-state index contributed by atoms with van der Waals surface area (Å²) >= 11 is 5.56. The Labute approximate surface area is 196 Å². The molecule has 170 valence electrons. The average molecular weight is 467 g/mol. The van der Waals surface area contributed by atoms with E-state index in [9.17, 15) is 4.39 Å². The van der Waals surface area contributed by atoms with Gasteiger partial charge in [-0.25, -0.2) is 4.39 Å². The molecule has 0 aliphatic carbocycles. The van der Waals surface area contributed by atoms with Crippen molar-refractivity contribution in [2.75, 3.05) is 20.8 Å². The molecule has 9 heteroatoms. The van der Waals surface area contributed by atoms with Crippen LogP contribution >= 0.6 is 12.2 Å². The van der Waals surface area contributed by atoms with E-state index in [1.165, 1.54) is 12.1 Å². The van der Waals surface area contributed by atoms with Crippen LogP contribution in [-0.4, -0.2) is 40.9 Å². The molecule has 0 bridgehead atoms. The van der Waals surface area contributed by atoms with Gasteiger partial charge in [0.1, 0.15) is 5.82 Å². The van der Waals surface area contributed by atoms with Gasteiger partial charge in [0.15, 0.2) is 16.6 Å². The van der Waals surface area contributed by atoms with Crippen molar-refractivity contribution in [3.63, 3.8) is 0 Å². The molecular weight excluding hydrogens is 443 g/mol. The van der Waals surface area contributed by atoms with Crippen molar-refractivity contribution in [2.45, 2.75) is 13.0 Å². The monoisotopic (exact) mass is 466 g/mol. The summed E-state index contributed by atoms with van der Waals surface area (Å²) in [5.41, 5.74) is 2.91. The first kappa shape index (κ1) is 22.5. The molecule has 0 radical (unpaired) electrons. The fourth-order valence-corrected chi connectivity index (χ4v) is 4.10. The van der Waals surface area contributed by atoms with Gasteiger partial charge in [-0.15, -0.1) is 6.58 Å². The number of benzene rings is 2. The molecule has 0 fully saturated rings. The third-order valence-electron chi connectivity index (χ3n) is 5.39. The number of hydrogen-bond donors (Lipinski definition) is 1. The molecule has 0 spiro atoms. The van der Waals surface area contributed by atoms with E-state index >= 15 is 0 Å². The quantitative estimate of drug-likeness (QED) is 0.395. The Morgan fingerprint density at radius 2 is 2.00 bits per heavy atom. The largest absolute Gasteiger partial charge is 0.493 e. The number of hydrogen-bond acceptors (Lipinski definition) is 6. The standard InChI is InChI=1S/C24H23FN4O3S/c1-5-11-29-14(2)20(21(26-24(29)33)15-7-6-8-17(25)12-15)23-27-22(28-32-23)16-9-10-18(30-3)19(13-16)31-4/h5-10,12-13,21H,1,11H2,2-4H3,(H,26,33). The first-order valence-corrected chi connectivity index (χ1v) is 10.6. The van der Waals surface area contributed by atoms with Gasteiger partial charge < -0.3 is 24.2 Å². The van der Waals surface area contributed by atoms with Crippen molar-refractivity contribution in [1.29, 1.82) is 0 Å². The summed E-state index contributed by atoms with van der Waals surface area (Å²) in [6.07, 6.45) is 1.75. The fourth-order valence-electron chi connectivity index (χ4n) is 3.77. The minimum atomic E-state index is -0.465. The van der Waals surface area contributed by atoms with E-state index in [0.29, 0.717) is 51.6 Å². The van der Waals surface area contributed by atoms with Crippen LogP contribution in [0.2, 0.25) is 0 Å².